The van der Waals surface area contributed by atoms with Crippen LogP contribution in [0.2, 0.25) is 0 Å². The van der Waals surface area contributed by atoms with Gasteiger partial charge < -0.3 is 14.8 Å². The highest BCUT2D eigenvalue weighted by molar-refractivity contribution is 5.74. The van der Waals surface area contributed by atoms with Crippen molar-refractivity contribution in [1.29, 1.82) is 0 Å². The third-order valence-corrected chi connectivity index (χ3v) is 3.89. The van der Waals surface area contributed by atoms with Crippen LogP contribution >= 0.6 is 0 Å². The van der Waals surface area contributed by atoms with Gasteiger partial charge in [0.05, 0.1) is 23.8 Å². The number of imidazole rings is 1. The van der Waals surface area contributed by atoms with Crippen molar-refractivity contribution in [3.05, 3.63) is 53.6 Å². The lowest BCUT2D eigenvalue weighted by Gasteiger charge is -2.21. The molecule has 2 heterocycles. The van der Waals surface area contributed by atoms with Gasteiger partial charge >= 0.3 is 0 Å². The summed E-state index contributed by atoms with van der Waals surface area (Å²) in [6.45, 7) is 3.68. The summed E-state index contributed by atoms with van der Waals surface area (Å²) in [6.07, 6.45) is 2.05. The van der Waals surface area contributed by atoms with E-state index in [0.29, 0.717) is 12.2 Å². The van der Waals surface area contributed by atoms with Crippen molar-refractivity contribution in [3.63, 3.8) is 0 Å². The number of aliphatic hydroxyl groups is 1. The number of hydrogen-bond donors (Lipinski definition) is 2. The van der Waals surface area contributed by atoms with E-state index in [9.17, 15) is 5.11 Å². The lowest BCUT2D eigenvalue weighted by Crippen LogP contribution is -2.27. The van der Waals surface area contributed by atoms with Gasteiger partial charge in [0, 0.05) is 18.2 Å². The highest BCUT2D eigenvalue weighted by Crippen LogP contribution is 2.28. The van der Waals surface area contributed by atoms with Crippen molar-refractivity contribution in [2.24, 2.45) is 0 Å². The maximum atomic E-state index is 10.9. The van der Waals surface area contributed by atoms with Crippen LogP contribution in [-0.4, -0.2) is 27.2 Å². The molecule has 1 atom stereocenters. The molecule has 0 bridgehead atoms. The number of benzene rings is 1. The van der Waals surface area contributed by atoms with Crippen molar-refractivity contribution >= 4 is 11.0 Å². The second-order valence-electron chi connectivity index (χ2n) is 5.64. The molecule has 114 valence electrons. The minimum atomic E-state index is -1.14. The number of ether oxygens (including phenoxy) is 1. The monoisotopic (exact) mass is 297 g/mol. The van der Waals surface area contributed by atoms with Crippen LogP contribution in [0.4, 0.5) is 0 Å². The third-order valence-electron chi connectivity index (χ3n) is 3.89. The second-order valence-corrected chi connectivity index (χ2v) is 5.64. The van der Waals surface area contributed by atoms with E-state index in [1.807, 2.05) is 37.3 Å². The van der Waals surface area contributed by atoms with E-state index in [1.165, 1.54) is 0 Å². The SMILES string of the molecule is COc1ccnc(CC(C)(O)c2nc3ccccc3[nH]2)c1C. The van der Waals surface area contributed by atoms with E-state index in [1.54, 1.807) is 20.2 Å². The number of pyridine rings is 1. The molecule has 5 heteroatoms. The highest BCUT2D eigenvalue weighted by Gasteiger charge is 2.29. The van der Waals surface area contributed by atoms with E-state index in [4.69, 9.17) is 4.74 Å². The van der Waals surface area contributed by atoms with Gasteiger partial charge in [0.2, 0.25) is 0 Å². The molecule has 22 heavy (non-hydrogen) atoms. The minimum absolute atomic E-state index is 0.357. The molecule has 2 N–H and O–H groups in total. The van der Waals surface area contributed by atoms with Gasteiger partial charge in [-0.25, -0.2) is 4.98 Å². The number of methoxy groups -OCH3 is 1. The van der Waals surface area contributed by atoms with Crippen molar-refractivity contribution in [2.45, 2.75) is 25.9 Å². The summed E-state index contributed by atoms with van der Waals surface area (Å²) in [6, 6.07) is 9.54. The number of aromatic nitrogens is 3. The molecule has 5 nitrogen and oxygen atoms in total. The van der Waals surface area contributed by atoms with Crippen LogP contribution in [-0.2, 0) is 12.0 Å². The van der Waals surface area contributed by atoms with Gasteiger partial charge in [-0.1, -0.05) is 12.1 Å². The molecule has 0 aliphatic carbocycles. The van der Waals surface area contributed by atoms with E-state index in [0.717, 1.165) is 28.0 Å². The van der Waals surface area contributed by atoms with Crippen LogP contribution in [0.1, 0.15) is 24.0 Å². The molecule has 3 rings (SSSR count). The van der Waals surface area contributed by atoms with Gasteiger partial charge in [-0.05, 0) is 32.0 Å². The van der Waals surface area contributed by atoms with E-state index in [-0.39, 0.29) is 0 Å². The fraction of sp³-hybridized carbons (Fsp3) is 0.294. The van der Waals surface area contributed by atoms with Crippen LogP contribution in [0.15, 0.2) is 36.5 Å². The first-order chi connectivity index (χ1) is 10.5. The predicted molar refractivity (Wildman–Crippen MR) is 84.9 cm³/mol. The van der Waals surface area contributed by atoms with Gasteiger partial charge in [-0.3, -0.25) is 4.98 Å². The maximum Gasteiger partial charge on any atom is 0.139 e. The number of fused-ring (bicyclic) bond motifs is 1. The fourth-order valence-corrected chi connectivity index (χ4v) is 2.58. The average molecular weight is 297 g/mol. The first kappa shape index (κ1) is 14.5. The molecule has 1 unspecified atom stereocenters. The van der Waals surface area contributed by atoms with Crippen LogP contribution in [0.3, 0.4) is 0 Å². The zero-order chi connectivity index (χ0) is 15.7. The summed E-state index contributed by atoms with van der Waals surface area (Å²) in [5, 5.41) is 10.9. The molecule has 1 aromatic carbocycles. The highest BCUT2D eigenvalue weighted by atomic mass is 16.5. The molecule has 0 saturated heterocycles. The van der Waals surface area contributed by atoms with Crippen molar-refractivity contribution in [1.82, 2.24) is 15.0 Å². The Labute approximate surface area is 129 Å². The number of nitrogens with one attached hydrogen (secondary N) is 1. The molecule has 3 aromatic rings. The van der Waals surface area contributed by atoms with Crippen LogP contribution in [0.5, 0.6) is 5.75 Å². The molecule has 0 amide bonds. The van der Waals surface area contributed by atoms with Crippen molar-refractivity contribution in [3.8, 4) is 5.75 Å². The summed E-state index contributed by atoms with van der Waals surface area (Å²) >= 11 is 0. The number of hydrogen-bond acceptors (Lipinski definition) is 4. The van der Waals surface area contributed by atoms with E-state index in [2.05, 4.69) is 15.0 Å². The first-order valence-corrected chi connectivity index (χ1v) is 7.17. The molecule has 0 saturated carbocycles. The largest absolute Gasteiger partial charge is 0.496 e. The normalized spacial score (nSPS) is 14.0. The number of para-hydroxylation sites is 2. The summed E-state index contributed by atoms with van der Waals surface area (Å²) < 4.78 is 5.31. The van der Waals surface area contributed by atoms with Crippen molar-refractivity contribution in [2.75, 3.05) is 7.11 Å². The number of rotatable bonds is 4. The molecule has 0 aliphatic rings. The lowest BCUT2D eigenvalue weighted by atomic mass is 9.96. The molecular weight excluding hydrogens is 278 g/mol. The number of H-pyrrole nitrogens is 1. The fourth-order valence-electron chi connectivity index (χ4n) is 2.58. The molecular formula is C17H19N3O2. The van der Waals surface area contributed by atoms with Crippen LogP contribution in [0.25, 0.3) is 11.0 Å². The maximum absolute atomic E-state index is 10.9. The standard InChI is InChI=1S/C17H19N3O2/c1-11-14(18-9-8-15(11)22-3)10-17(2,21)16-19-12-6-4-5-7-13(12)20-16/h4-9,21H,10H2,1-3H3,(H,19,20). The molecule has 0 fully saturated rings. The Morgan fingerprint density at radius 1 is 1.27 bits per heavy atom. The summed E-state index contributed by atoms with van der Waals surface area (Å²) in [7, 11) is 1.63. The predicted octanol–water partition coefficient (Wildman–Crippen LogP) is 2.73. The quantitative estimate of drug-likeness (QED) is 0.776. The Morgan fingerprint density at radius 3 is 2.77 bits per heavy atom. The first-order valence-electron chi connectivity index (χ1n) is 7.17. The molecule has 0 spiro atoms. The Morgan fingerprint density at radius 2 is 2.05 bits per heavy atom. The van der Waals surface area contributed by atoms with Gasteiger partial charge in [-0.2, -0.15) is 0 Å². The van der Waals surface area contributed by atoms with Gasteiger partial charge in [0.1, 0.15) is 17.2 Å². The minimum Gasteiger partial charge on any atom is -0.496 e. The summed E-state index contributed by atoms with van der Waals surface area (Å²) in [4.78, 5) is 12.0. The number of nitrogens with zero attached hydrogens (tertiary/aromatic N) is 2. The Balaban J connectivity index is 1.96. The van der Waals surface area contributed by atoms with Gasteiger partial charge in [-0.15, -0.1) is 0 Å². The number of aromatic amines is 1. The lowest BCUT2D eigenvalue weighted by molar-refractivity contribution is 0.0480. The Hall–Kier alpha value is -2.40. The van der Waals surface area contributed by atoms with Crippen LogP contribution < -0.4 is 4.74 Å². The van der Waals surface area contributed by atoms with Gasteiger partial charge in [0.15, 0.2) is 0 Å². The summed E-state index contributed by atoms with van der Waals surface area (Å²) in [5.41, 5.74) is 2.34. The molecule has 0 radical (unpaired) electrons. The zero-order valence-electron chi connectivity index (χ0n) is 12.9. The smallest absolute Gasteiger partial charge is 0.139 e. The topological polar surface area (TPSA) is 71.0 Å². The zero-order valence-corrected chi connectivity index (χ0v) is 12.9. The van der Waals surface area contributed by atoms with Crippen molar-refractivity contribution < 1.29 is 9.84 Å². The molecule has 2 aromatic heterocycles. The van der Waals surface area contributed by atoms with E-state index < -0.39 is 5.60 Å². The third kappa shape index (κ3) is 2.55. The molecule has 0 aliphatic heterocycles. The van der Waals surface area contributed by atoms with Gasteiger partial charge in [0.25, 0.3) is 0 Å². The Kier molecular flexibility index (Phi) is 3.58. The summed E-state index contributed by atoms with van der Waals surface area (Å²) in [5.74, 6) is 1.31. The Bertz CT molecular complexity index is 776. The second kappa shape index (κ2) is 5.42. The van der Waals surface area contributed by atoms with E-state index >= 15 is 0 Å². The van der Waals surface area contributed by atoms with Crippen LogP contribution in [0, 0.1) is 6.92 Å². The average Bonchev–Trinajstić information content (AvgIpc) is 2.94.